The average Bonchev–Trinajstić information content (AvgIpc) is 3.12. The molecule has 2 heterocycles. The average molecular weight is 428 g/mol. The first-order valence-corrected chi connectivity index (χ1v) is 10.6. The molecule has 1 aromatic heterocycles. The molecule has 0 spiro atoms. The van der Waals surface area contributed by atoms with Gasteiger partial charge in [0.2, 0.25) is 11.8 Å². The Morgan fingerprint density at radius 2 is 2.13 bits per heavy atom. The topological polar surface area (TPSA) is 91.7 Å². The van der Waals surface area contributed by atoms with Crippen LogP contribution in [0.4, 0.5) is 5.00 Å². The van der Waals surface area contributed by atoms with Crippen molar-refractivity contribution in [3.63, 3.8) is 0 Å². The van der Waals surface area contributed by atoms with E-state index >= 15 is 0 Å². The predicted octanol–water partition coefficient (Wildman–Crippen LogP) is 3.12. The standard InChI is InChI=1S/C22H25N3O4S/c1-28-11-9-21(27)25-10-8-17-18(13-23)22(30-19(17)14-25)24-20(26)7-6-15-4-3-5-16(12-15)29-2/h3-5,12H,6-11,14H2,1-2H3,(H,24,26). The van der Waals surface area contributed by atoms with Gasteiger partial charge >= 0.3 is 0 Å². The Hall–Kier alpha value is -2.89. The number of thiophene rings is 1. The molecule has 1 aliphatic heterocycles. The van der Waals surface area contributed by atoms with Crippen LogP contribution in [0.2, 0.25) is 0 Å². The Kier molecular flexibility index (Phi) is 7.44. The minimum Gasteiger partial charge on any atom is -0.497 e. The van der Waals surface area contributed by atoms with Crippen LogP contribution in [0, 0.1) is 11.3 Å². The summed E-state index contributed by atoms with van der Waals surface area (Å²) < 4.78 is 10.2. The van der Waals surface area contributed by atoms with Gasteiger partial charge in [0.15, 0.2) is 0 Å². The zero-order valence-electron chi connectivity index (χ0n) is 17.2. The molecule has 3 rings (SSSR count). The van der Waals surface area contributed by atoms with Crippen LogP contribution in [0.25, 0.3) is 0 Å². The highest BCUT2D eigenvalue weighted by Crippen LogP contribution is 2.37. The number of nitrogens with one attached hydrogen (secondary N) is 1. The minimum atomic E-state index is -0.138. The van der Waals surface area contributed by atoms with Crippen molar-refractivity contribution in [1.82, 2.24) is 4.90 Å². The molecule has 0 atom stereocenters. The Balaban J connectivity index is 1.64. The van der Waals surface area contributed by atoms with Gasteiger partial charge in [0, 0.05) is 25.0 Å². The maximum absolute atomic E-state index is 12.5. The van der Waals surface area contributed by atoms with Gasteiger partial charge in [0.05, 0.1) is 32.2 Å². The molecule has 1 N–H and O–H groups in total. The number of methoxy groups -OCH3 is 2. The number of anilines is 1. The van der Waals surface area contributed by atoms with Gasteiger partial charge in [-0.05, 0) is 36.1 Å². The summed E-state index contributed by atoms with van der Waals surface area (Å²) in [5.74, 6) is 0.662. The van der Waals surface area contributed by atoms with E-state index in [2.05, 4.69) is 11.4 Å². The number of carbonyl (C=O) groups is 2. The summed E-state index contributed by atoms with van der Waals surface area (Å²) in [6, 6.07) is 9.85. The molecular formula is C22H25N3O4S. The van der Waals surface area contributed by atoms with Crippen molar-refractivity contribution in [2.75, 3.05) is 32.7 Å². The van der Waals surface area contributed by atoms with Gasteiger partial charge in [-0.3, -0.25) is 9.59 Å². The largest absolute Gasteiger partial charge is 0.497 e. The second-order valence-corrected chi connectivity index (χ2v) is 8.13. The molecule has 0 bridgehead atoms. The van der Waals surface area contributed by atoms with Crippen molar-refractivity contribution in [2.45, 2.75) is 32.2 Å². The van der Waals surface area contributed by atoms with Crippen LogP contribution in [0.1, 0.15) is 34.4 Å². The Bertz CT molecular complexity index is 964. The quantitative estimate of drug-likeness (QED) is 0.699. The predicted molar refractivity (Wildman–Crippen MR) is 115 cm³/mol. The van der Waals surface area contributed by atoms with E-state index in [0.717, 1.165) is 21.8 Å². The molecule has 0 radical (unpaired) electrons. The van der Waals surface area contributed by atoms with Crippen LogP contribution in [0.3, 0.4) is 0 Å². The number of carbonyl (C=O) groups excluding carboxylic acids is 2. The first-order chi connectivity index (χ1) is 14.5. The zero-order chi connectivity index (χ0) is 21.5. The number of aryl methyl sites for hydroxylation is 1. The molecule has 0 saturated heterocycles. The van der Waals surface area contributed by atoms with Gasteiger partial charge in [0.1, 0.15) is 16.8 Å². The molecular weight excluding hydrogens is 402 g/mol. The lowest BCUT2D eigenvalue weighted by molar-refractivity contribution is -0.133. The lowest BCUT2D eigenvalue weighted by Crippen LogP contribution is -2.35. The van der Waals surface area contributed by atoms with E-state index in [9.17, 15) is 14.9 Å². The molecule has 2 amide bonds. The van der Waals surface area contributed by atoms with Crippen molar-refractivity contribution < 1.29 is 19.1 Å². The van der Waals surface area contributed by atoms with Gasteiger partial charge in [-0.15, -0.1) is 11.3 Å². The second kappa shape index (κ2) is 10.2. The second-order valence-electron chi connectivity index (χ2n) is 7.03. The van der Waals surface area contributed by atoms with E-state index in [1.54, 1.807) is 19.1 Å². The SMILES string of the molecule is COCCC(=O)N1CCc2c(sc(NC(=O)CCc3cccc(OC)c3)c2C#N)C1. The van der Waals surface area contributed by atoms with Crippen LogP contribution < -0.4 is 10.1 Å². The van der Waals surface area contributed by atoms with Crippen molar-refractivity contribution >= 4 is 28.2 Å². The number of ether oxygens (including phenoxy) is 2. The van der Waals surface area contributed by atoms with E-state index in [1.165, 1.54) is 11.3 Å². The Labute approximate surface area is 180 Å². The van der Waals surface area contributed by atoms with E-state index in [4.69, 9.17) is 9.47 Å². The molecule has 1 aromatic carbocycles. The molecule has 0 unspecified atom stereocenters. The van der Waals surface area contributed by atoms with Crippen LogP contribution in [0.5, 0.6) is 5.75 Å². The maximum atomic E-state index is 12.5. The molecule has 8 heteroatoms. The first-order valence-electron chi connectivity index (χ1n) is 9.79. The van der Waals surface area contributed by atoms with Crippen molar-refractivity contribution in [3.05, 3.63) is 45.8 Å². The Morgan fingerprint density at radius 1 is 1.30 bits per heavy atom. The lowest BCUT2D eigenvalue weighted by Gasteiger charge is -2.27. The van der Waals surface area contributed by atoms with Crippen LogP contribution in [-0.4, -0.2) is 44.1 Å². The van der Waals surface area contributed by atoms with Gasteiger partial charge in [-0.1, -0.05) is 12.1 Å². The van der Waals surface area contributed by atoms with Crippen LogP contribution in [0.15, 0.2) is 24.3 Å². The summed E-state index contributed by atoms with van der Waals surface area (Å²) in [5, 5.41) is 13.1. The molecule has 0 saturated carbocycles. The van der Waals surface area contributed by atoms with Gasteiger partial charge in [0.25, 0.3) is 0 Å². The number of fused-ring (bicyclic) bond motifs is 1. The van der Waals surface area contributed by atoms with Crippen molar-refractivity contribution in [2.24, 2.45) is 0 Å². The normalized spacial score (nSPS) is 12.8. The number of benzene rings is 1. The van der Waals surface area contributed by atoms with Crippen molar-refractivity contribution in [3.8, 4) is 11.8 Å². The summed E-state index contributed by atoms with van der Waals surface area (Å²) in [4.78, 5) is 27.5. The molecule has 158 valence electrons. The van der Waals surface area contributed by atoms with Gasteiger partial charge in [-0.2, -0.15) is 5.26 Å². The van der Waals surface area contributed by atoms with Crippen molar-refractivity contribution in [1.29, 1.82) is 5.26 Å². The zero-order valence-corrected chi connectivity index (χ0v) is 18.0. The summed E-state index contributed by atoms with van der Waals surface area (Å²) >= 11 is 1.39. The highest BCUT2D eigenvalue weighted by atomic mass is 32.1. The minimum absolute atomic E-state index is 0.0401. The summed E-state index contributed by atoms with van der Waals surface area (Å²) in [7, 11) is 3.18. The highest BCUT2D eigenvalue weighted by Gasteiger charge is 2.27. The third-order valence-corrected chi connectivity index (χ3v) is 6.20. The van der Waals surface area contributed by atoms with Crippen LogP contribution in [-0.2, 0) is 33.7 Å². The van der Waals surface area contributed by atoms with E-state index in [0.29, 0.717) is 55.9 Å². The third-order valence-electron chi connectivity index (χ3n) is 5.07. The number of nitriles is 1. The molecule has 30 heavy (non-hydrogen) atoms. The third kappa shape index (κ3) is 5.17. The van der Waals surface area contributed by atoms with E-state index in [1.807, 2.05) is 24.3 Å². The number of rotatable bonds is 8. The highest BCUT2D eigenvalue weighted by molar-refractivity contribution is 7.16. The van der Waals surface area contributed by atoms with Gasteiger partial charge in [-0.25, -0.2) is 0 Å². The molecule has 7 nitrogen and oxygen atoms in total. The van der Waals surface area contributed by atoms with Gasteiger partial charge < -0.3 is 19.7 Å². The lowest BCUT2D eigenvalue weighted by atomic mass is 10.0. The number of nitrogens with zero attached hydrogens (tertiary/aromatic N) is 2. The van der Waals surface area contributed by atoms with E-state index in [-0.39, 0.29) is 11.8 Å². The monoisotopic (exact) mass is 427 g/mol. The fraction of sp³-hybridized carbons (Fsp3) is 0.409. The summed E-state index contributed by atoms with van der Waals surface area (Å²) in [5.41, 5.74) is 2.48. The van der Waals surface area contributed by atoms with Crippen LogP contribution >= 0.6 is 11.3 Å². The van der Waals surface area contributed by atoms with E-state index < -0.39 is 0 Å². The fourth-order valence-corrected chi connectivity index (χ4v) is 4.68. The maximum Gasteiger partial charge on any atom is 0.225 e. The summed E-state index contributed by atoms with van der Waals surface area (Å²) in [6.07, 6.45) is 1.85. The number of amides is 2. The summed E-state index contributed by atoms with van der Waals surface area (Å²) in [6.45, 7) is 1.44. The smallest absolute Gasteiger partial charge is 0.225 e. The first kappa shape index (κ1) is 21.8. The molecule has 2 aromatic rings. The number of hydrogen-bond donors (Lipinski definition) is 1. The fourth-order valence-electron chi connectivity index (χ4n) is 3.45. The number of hydrogen-bond acceptors (Lipinski definition) is 6. The molecule has 0 fully saturated rings. The Morgan fingerprint density at radius 3 is 2.87 bits per heavy atom. The molecule has 0 aliphatic carbocycles. The molecule has 1 aliphatic rings.